The summed E-state index contributed by atoms with van der Waals surface area (Å²) in [6, 6.07) is 2.80. The third kappa shape index (κ3) is 8.64. The van der Waals surface area contributed by atoms with E-state index in [4.69, 9.17) is 25.8 Å². The summed E-state index contributed by atoms with van der Waals surface area (Å²) in [6.07, 6.45) is 5.00. The molecule has 6 rings (SSSR count). The highest BCUT2D eigenvalue weighted by Crippen LogP contribution is 2.48. The molecule has 55 heavy (non-hydrogen) atoms. The van der Waals surface area contributed by atoms with Crippen molar-refractivity contribution in [1.29, 1.82) is 0 Å². The molecule has 0 unspecified atom stereocenters. The van der Waals surface area contributed by atoms with E-state index in [1.54, 1.807) is 51.2 Å². The van der Waals surface area contributed by atoms with Gasteiger partial charge in [0.1, 0.15) is 35.1 Å². The number of halogens is 2. The molecular formula is C38H49ClFN5O9S. The third-order valence-electron chi connectivity index (χ3n) is 10.7. The van der Waals surface area contributed by atoms with Gasteiger partial charge in [0, 0.05) is 36.8 Å². The minimum atomic E-state index is -4.67. The highest BCUT2D eigenvalue weighted by Gasteiger charge is 2.64. The molecule has 1 aromatic carbocycles. The van der Waals surface area contributed by atoms with Crippen molar-refractivity contribution in [3.8, 4) is 11.6 Å². The lowest BCUT2D eigenvalue weighted by Crippen LogP contribution is -2.59. The second-order valence-corrected chi connectivity index (χ2v) is 18.7. The van der Waals surface area contributed by atoms with Crippen molar-refractivity contribution in [2.45, 2.75) is 114 Å². The first-order valence-corrected chi connectivity index (χ1v) is 20.5. The summed E-state index contributed by atoms with van der Waals surface area (Å²) in [5.74, 6) is -2.58. The number of alkyl carbamates (subject to hydrolysis) is 1. The van der Waals surface area contributed by atoms with Crippen LogP contribution in [0.5, 0.6) is 11.6 Å². The van der Waals surface area contributed by atoms with E-state index in [0.29, 0.717) is 35.4 Å². The zero-order chi connectivity index (χ0) is 40.1. The molecule has 2 saturated carbocycles. The lowest BCUT2D eigenvalue weighted by molar-refractivity contribution is -0.142. The summed E-state index contributed by atoms with van der Waals surface area (Å²) >= 11 is 6.45. The summed E-state index contributed by atoms with van der Waals surface area (Å²) < 4.78 is 59.6. The lowest BCUT2D eigenvalue weighted by Gasteiger charge is -2.33. The SMILES string of the molecule is COc1cc2ccnc(O[C@@H]3C[C@H]4C(=O)N[C@]5(C(=O)NS(=O)(=O)C6(F)CC6)C[C@@H]5/C=C\CC[C@@H](C)C[C@@H](C)[C@H](NC(=O)OC(C)(C)C)C(=O)N4C3)c2cc1Cl. The number of carbonyl (C=O) groups excluding carboxylic acids is 4. The number of rotatable bonds is 7. The predicted octanol–water partition coefficient (Wildman–Crippen LogP) is 4.93. The van der Waals surface area contributed by atoms with Gasteiger partial charge in [-0.3, -0.25) is 14.4 Å². The van der Waals surface area contributed by atoms with Gasteiger partial charge in [0.05, 0.1) is 18.7 Å². The highest BCUT2D eigenvalue weighted by molar-refractivity contribution is 7.91. The number of ether oxygens (including phenoxy) is 3. The molecule has 3 fully saturated rings. The van der Waals surface area contributed by atoms with Crippen LogP contribution in [0, 0.1) is 17.8 Å². The summed E-state index contributed by atoms with van der Waals surface area (Å²) in [5.41, 5.74) is -2.56. The summed E-state index contributed by atoms with van der Waals surface area (Å²) in [4.78, 5) is 61.8. The molecule has 300 valence electrons. The van der Waals surface area contributed by atoms with Crippen LogP contribution in [0.15, 0.2) is 36.5 Å². The van der Waals surface area contributed by atoms with Crippen LogP contribution in [0.2, 0.25) is 5.02 Å². The number of pyridine rings is 1. The van der Waals surface area contributed by atoms with E-state index in [9.17, 15) is 32.0 Å². The largest absolute Gasteiger partial charge is 0.495 e. The number of hydrogen-bond acceptors (Lipinski definition) is 10. The van der Waals surface area contributed by atoms with E-state index in [-0.39, 0.29) is 44.0 Å². The summed E-state index contributed by atoms with van der Waals surface area (Å²) in [6.45, 7) is 8.91. The smallest absolute Gasteiger partial charge is 0.408 e. The Hall–Kier alpha value is -4.18. The van der Waals surface area contributed by atoms with Gasteiger partial charge < -0.3 is 29.7 Å². The van der Waals surface area contributed by atoms with Crippen molar-refractivity contribution in [3.63, 3.8) is 0 Å². The Kier molecular flexibility index (Phi) is 11.1. The van der Waals surface area contributed by atoms with Crippen molar-refractivity contribution in [2.75, 3.05) is 13.7 Å². The molecule has 14 nitrogen and oxygen atoms in total. The molecule has 4 amide bonds. The van der Waals surface area contributed by atoms with Crippen LogP contribution < -0.4 is 24.8 Å². The van der Waals surface area contributed by atoms with Crippen molar-refractivity contribution in [1.82, 2.24) is 25.2 Å². The Morgan fingerprint density at radius 2 is 1.87 bits per heavy atom. The van der Waals surface area contributed by atoms with Gasteiger partial charge in [0.15, 0.2) is 0 Å². The first-order valence-electron chi connectivity index (χ1n) is 18.6. The van der Waals surface area contributed by atoms with E-state index >= 15 is 0 Å². The number of hydrogen-bond donors (Lipinski definition) is 3. The minimum absolute atomic E-state index is 0.0481. The monoisotopic (exact) mass is 805 g/mol. The maximum atomic E-state index is 14.8. The predicted molar refractivity (Wildman–Crippen MR) is 201 cm³/mol. The Morgan fingerprint density at radius 3 is 2.55 bits per heavy atom. The molecule has 0 radical (unpaired) electrons. The van der Waals surface area contributed by atoms with E-state index in [0.717, 1.165) is 5.39 Å². The van der Waals surface area contributed by atoms with Crippen molar-refractivity contribution in [2.24, 2.45) is 17.8 Å². The van der Waals surface area contributed by atoms with Crippen LogP contribution in [0.1, 0.15) is 79.6 Å². The number of methoxy groups -OCH3 is 1. The molecule has 7 atom stereocenters. The van der Waals surface area contributed by atoms with Crippen molar-refractivity contribution in [3.05, 3.63) is 41.6 Å². The maximum absolute atomic E-state index is 14.8. The number of amides is 4. The van der Waals surface area contributed by atoms with E-state index in [1.165, 1.54) is 12.0 Å². The quantitative estimate of drug-likeness (QED) is 0.325. The van der Waals surface area contributed by atoms with E-state index in [1.807, 2.05) is 24.6 Å². The van der Waals surface area contributed by atoms with Crippen molar-refractivity contribution < 1.29 is 46.2 Å². The fourth-order valence-corrected chi connectivity index (χ4v) is 8.97. The van der Waals surface area contributed by atoms with Gasteiger partial charge >= 0.3 is 6.09 Å². The van der Waals surface area contributed by atoms with Crippen LogP contribution in [0.3, 0.4) is 0 Å². The molecule has 2 aliphatic heterocycles. The Bertz CT molecular complexity index is 2000. The molecule has 3 heterocycles. The molecule has 1 saturated heterocycles. The number of allylic oxidation sites excluding steroid dienone is 1. The van der Waals surface area contributed by atoms with Gasteiger partial charge in [-0.15, -0.1) is 0 Å². The number of carbonyl (C=O) groups is 4. The standard InChI is InChI=1S/C38H49ClFN5O9S/c1-21-9-7-8-10-24-19-38(24,34(48)44-55(50,51)37(40)12-13-37)43-31(46)28-17-25(53-32-26-18-27(39)29(52-6)16-23(26)11-14-41-32)20-45(28)33(47)30(22(2)15-21)42-35(49)54-36(3,4)5/h8,10-11,14,16,18,21-22,24-25,28,30H,7,9,12-13,15,17,19-20H2,1-6H3,(H,42,49)(H,43,46)(H,44,48)/b10-8-/t21-,22-,24+,25-,28+,30+,38-/m1/s1. The van der Waals surface area contributed by atoms with Gasteiger partial charge in [-0.1, -0.05) is 37.6 Å². The van der Waals surface area contributed by atoms with Crippen LogP contribution in [-0.2, 0) is 29.1 Å². The molecular weight excluding hydrogens is 757 g/mol. The Morgan fingerprint density at radius 1 is 1.15 bits per heavy atom. The average molecular weight is 806 g/mol. The zero-order valence-corrected chi connectivity index (χ0v) is 33.4. The van der Waals surface area contributed by atoms with Gasteiger partial charge in [-0.25, -0.2) is 27.3 Å². The number of benzene rings is 1. The molecule has 17 heteroatoms. The Balaban J connectivity index is 1.35. The summed E-state index contributed by atoms with van der Waals surface area (Å²) in [7, 11) is -3.18. The fraction of sp³-hybridized carbons (Fsp3) is 0.605. The Labute approximate surface area is 325 Å². The molecule has 1 aromatic heterocycles. The number of aromatic nitrogens is 1. The molecule has 2 aromatic rings. The second kappa shape index (κ2) is 15.1. The third-order valence-corrected chi connectivity index (χ3v) is 12.8. The number of nitrogens with one attached hydrogen (secondary N) is 3. The van der Waals surface area contributed by atoms with Gasteiger partial charge in [0.2, 0.25) is 22.7 Å². The molecule has 3 N–H and O–H groups in total. The van der Waals surface area contributed by atoms with Gasteiger partial charge in [0.25, 0.3) is 15.9 Å². The minimum Gasteiger partial charge on any atom is -0.495 e. The first-order chi connectivity index (χ1) is 25.8. The van der Waals surface area contributed by atoms with Gasteiger partial charge in [-0.05, 0) is 81.9 Å². The number of nitrogens with zero attached hydrogens (tertiary/aromatic N) is 2. The zero-order valence-electron chi connectivity index (χ0n) is 31.8. The lowest BCUT2D eigenvalue weighted by atomic mass is 9.88. The molecule has 2 aliphatic carbocycles. The van der Waals surface area contributed by atoms with Crippen LogP contribution in [0.4, 0.5) is 9.18 Å². The van der Waals surface area contributed by atoms with Crippen molar-refractivity contribution >= 4 is 56.2 Å². The average Bonchev–Trinajstić information content (AvgIpc) is 3.98. The van der Waals surface area contributed by atoms with Gasteiger partial charge in [-0.2, -0.15) is 0 Å². The first kappa shape index (κ1) is 40.5. The van der Waals surface area contributed by atoms with Crippen LogP contribution >= 0.6 is 11.6 Å². The fourth-order valence-electron chi connectivity index (χ4n) is 7.48. The van der Waals surface area contributed by atoms with E-state index < -0.39 is 80.0 Å². The van der Waals surface area contributed by atoms with E-state index in [2.05, 4.69) is 15.6 Å². The normalized spacial score (nSPS) is 30.1. The highest BCUT2D eigenvalue weighted by atomic mass is 35.5. The molecule has 4 aliphatic rings. The molecule has 0 spiro atoms. The number of fused-ring (bicyclic) bond motifs is 3. The van der Waals surface area contributed by atoms with Crippen LogP contribution in [-0.4, -0.2) is 90.1 Å². The molecule has 0 bridgehead atoms. The number of sulfonamides is 1. The maximum Gasteiger partial charge on any atom is 0.408 e. The summed E-state index contributed by atoms with van der Waals surface area (Å²) in [5, 5.41) is 4.58. The topological polar surface area (TPSA) is 182 Å². The van der Waals surface area contributed by atoms with Crippen LogP contribution in [0.25, 0.3) is 10.8 Å². The second-order valence-electron chi connectivity index (χ2n) is 16.3. The number of alkyl halides is 1.